The molecule has 116 valence electrons. The second kappa shape index (κ2) is 5.76. The summed E-state index contributed by atoms with van der Waals surface area (Å²) in [5.41, 5.74) is 0. The van der Waals surface area contributed by atoms with Gasteiger partial charge in [0.05, 0.1) is 12.4 Å². The molecule has 21 heavy (non-hydrogen) atoms. The van der Waals surface area contributed by atoms with E-state index in [0.29, 0.717) is 44.4 Å². The molecule has 1 aromatic rings. The molecule has 0 aromatic carbocycles. The van der Waals surface area contributed by atoms with E-state index < -0.39 is 10.0 Å². The second-order valence-electron chi connectivity index (χ2n) is 5.41. The molecule has 2 fully saturated rings. The Morgan fingerprint density at radius 1 is 1.29 bits per heavy atom. The fraction of sp³-hybridized carbons (Fsp3) is 0.692. The van der Waals surface area contributed by atoms with Crippen LogP contribution in [0.2, 0.25) is 0 Å². The van der Waals surface area contributed by atoms with Crippen molar-refractivity contribution >= 4 is 16.0 Å². The van der Waals surface area contributed by atoms with Crippen LogP contribution in [0.5, 0.6) is 5.88 Å². The molecule has 0 unspecified atom stereocenters. The van der Waals surface area contributed by atoms with Crippen molar-refractivity contribution in [3.8, 4) is 5.88 Å². The first-order valence-corrected chi connectivity index (χ1v) is 8.72. The molecule has 0 spiro atoms. The zero-order valence-electron chi connectivity index (χ0n) is 12.1. The van der Waals surface area contributed by atoms with E-state index in [-0.39, 0.29) is 5.25 Å². The summed E-state index contributed by atoms with van der Waals surface area (Å²) in [5, 5.41) is -0.356. The summed E-state index contributed by atoms with van der Waals surface area (Å²) in [4.78, 5) is 10.4. The van der Waals surface area contributed by atoms with Gasteiger partial charge < -0.3 is 9.64 Å². The van der Waals surface area contributed by atoms with E-state index in [4.69, 9.17) is 4.74 Å². The largest absolute Gasteiger partial charge is 0.481 e. The molecule has 1 atom stereocenters. The molecule has 0 amide bonds. The van der Waals surface area contributed by atoms with Gasteiger partial charge in [-0.2, -0.15) is 4.98 Å². The van der Waals surface area contributed by atoms with Crippen molar-refractivity contribution in [3.05, 3.63) is 12.3 Å². The molecule has 0 bridgehead atoms. The summed E-state index contributed by atoms with van der Waals surface area (Å²) in [6, 6.07) is 1.68. The Morgan fingerprint density at radius 2 is 2.05 bits per heavy atom. The summed E-state index contributed by atoms with van der Waals surface area (Å²) < 4.78 is 31.9. The Labute approximate surface area is 125 Å². The molecule has 8 heteroatoms. The van der Waals surface area contributed by atoms with Crippen LogP contribution in [-0.2, 0) is 10.0 Å². The molecular formula is C13H20N4O3S. The van der Waals surface area contributed by atoms with E-state index in [0.717, 1.165) is 12.8 Å². The van der Waals surface area contributed by atoms with Crippen LogP contribution in [0.25, 0.3) is 0 Å². The van der Waals surface area contributed by atoms with Crippen molar-refractivity contribution in [1.82, 2.24) is 14.3 Å². The van der Waals surface area contributed by atoms with Gasteiger partial charge in [0.1, 0.15) is 0 Å². The van der Waals surface area contributed by atoms with E-state index in [1.165, 1.54) is 0 Å². The number of anilines is 1. The molecule has 3 rings (SSSR count). The Kier molecular flexibility index (Phi) is 3.99. The van der Waals surface area contributed by atoms with Crippen LogP contribution in [0.3, 0.4) is 0 Å². The smallest absolute Gasteiger partial charge is 0.228 e. The Hall–Kier alpha value is -1.41. The highest BCUT2D eigenvalue weighted by Gasteiger charge is 2.38. The van der Waals surface area contributed by atoms with Crippen LogP contribution in [0.4, 0.5) is 5.95 Å². The summed E-state index contributed by atoms with van der Waals surface area (Å²) in [5.74, 6) is 1.03. The SMILES string of the molecule is COc1ccnc(N2CC[C@@H](S(=O)(=O)N3CCCC3)C2)n1. The minimum absolute atomic E-state index is 0.356. The molecular weight excluding hydrogens is 292 g/mol. The van der Waals surface area contributed by atoms with E-state index in [9.17, 15) is 8.42 Å². The summed E-state index contributed by atoms with van der Waals surface area (Å²) in [7, 11) is -1.64. The number of hydrogen-bond donors (Lipinski definition) is 0. The molecule has 3 heterocycles. The standard InChI is InChI=1S/C13H20N4O3S/c1-20-12-4-6-14-13(15-12)16-9-5-11(10-16)21(18,19)17-7-2-3-8-17/h4,6,11H,2-3,5,7-10H2,1H3/t11-/m1/s1. The minimum Gasteiger partial charge on any atom is -0.481 e. The summed E-state index contributed by atoms with van der Waals surface area (Å²) >= 11 is 0. The van der Waals surface area contributed by atoms with E-state index in [2.05, 4.69) is 9.97 Å². The van der Waals surface area contributed by atoms with Crippen molar-refractivity contribution in [2.45, 2.75) is 24.5 Å². The molecule has 2 saturated heterocycles. The number of sulfonamides is 1. The van der Waals surface area contributed by atoms with Crippen LogP contribution in [0.1, 0.15) is 19.3 Å². The molecule has 0 radical (unpaired) electrons. The van der Waals surface area contributed by atoms with E-state index >= 15 is 0 Å². The highest BCUT2D eigenvalue weighted by Crippen LogP contribution is 2.26. The molecule has 0 saturated carbocycles. The van der Waals surface area contributed by atoms with Crippen LogP contribution in [0, 0.1) is 0 Å². The molecule has 2 aliphatic heterocycles. The van der Waals surface area contributed by atoms with Crippen molar-refractivity contribution in [3.63, 3.8) is 0 Å². The number of nitrogens with zero attached hydrogens (tertiary/aromatic N) is 4. The van der Waals surface area contributed by atoms with E-state index in [1.807, 2.05) is 4.90 Å². The van der Waals surface area contributed by atoms with Gasteiger partial charge in [0.2, 0.25) is 21.9 Å². The number of methoxy groups -OCH3 is 1. The van der Waals surface area contributed by atoms with Gasteiger partial charge in [-0.15, -0.1) is 0 Å². The van der Waals surface area contributed by atoms with Gasteiger partial charge >= 0.3 is 0 Å². The van der Waals surface area contributed by atoms with Crippen molar-refractivity contribution in [2.24, 2.45) is 0 Å². The first kappa shape index (κ1) is 14.5. The third kappa shape index (κ3) is 2.82. The number of ether oxygens (including phenoxy) is 1. The lowest BCUT2D eigenvalue weighted by molar-refractivity contribution is 0.397. The highest BCUT2D eigenvalue weighted by molar-refractivity contribution is 7.89. The maximum Gasteiger partial charge on any atom is 0.228 e. The number of rotatable bonds is 4. The predicted molar refractivity (Wildman–Crippen MR) is 78.9 cm³/mol. The van der Waals surface area contributed by atoms with Gasteiger partial charge in [-0.25, -0.2) is 17.7 Å². The highest BCUT2D eigenvalue weighted by atomic mass is 32.2. The quantitative estimate of drug-likeness (QED) is 0.805. The van der Waals surface area contributed by atoms with Crippen molar-refractivity contribution in [1.29, 1.82) is 0 Å². The molecule has 0 N–H and O–H groups in total. The Balaban J connectivity index is 1.72. The molecule has 7 nitrogen and oxygen atoms in total. The topological polar surface area (TPSA) is 75.6 Å². The van der Waals surface area contributed by atoms with Gasteiger partial charge in [0, 0.05) is 38.4 Å². The number of aromatic nitrogens is 2. The van der Waals surface area contributed by atoms with Gasteiger partial charge in [-0.1, -0.05) is 0 Å². The fourth-order valence-corrected chi connectivity index (χ4v) is 4.87. The maximum absolute atomic E-state index is 12.6. The number of hydrogen-bond acceptors (Lipinski definition) is 6. The van der Waals surface area contributed by atoms with Gasteiger partial charge in [-0.05, 0) is 19.3 Å². The molecule has 0 aliphatic carbocycles. The van der Waals surface area contributed by atoms with Crippen molar-refractivity contribution in [2.75, 3.05) is 38.2 Å². The summed E-state index contributed by atoms with van der Waals surface area (Å²) in [6.45, 7) is 2.43. The lowest BCUT2D eigenvalue weighted by Gasteiger charge is -2.21. The van der Waals surface area contributed by atoms with E-state index in [1.54, 1.807) is 23.7 Å². The third-order valence-corrected chi connectivity index (χ3v) is 6.41. The van der Waals surface area contributed by atoms with Gasteiger partial charge in [0.15, 0.2) is 0 Å². The predicted octanol–water partition coefficient (Wildman–Crippen LogP) is 0.489. The van der Waals surface area contributed by atoms with Crippen molar-refractivity contribution < 1.29 is 13.2 Å². The second-order valence-corrected chi connectivity index (χ2v) is 7.62. The average Bonchev–Trinajstić information content (AvgIpc) is 3.19. The van der Waals surface area contributed by atoms with Crippen LogP contribution in [0.15, 0.2) is 12.3 Å². The van der Waals surface area contributed by atoms with Crippen LogP contribution < -0.4 is 9.64 Å². The lowest BCUT2D eigenvalue weighted by atomic mass is 10.4. The zero-order chi connectivity index (χ0) is 14.9. The maximum atomic E-state index is 12.6. The average molecular weight is 312 g/mol. The molecule has 2 aliphatic rings. The first-order chi connectivity index (χ1) is 10.1. The van der Waals surface area contributed by atoms with Crippen LogP contribution >= 0.6 is 0 Å². The third-order valence-electron chi connectivity index (χ3n) is 4.10. The monoisotopic (exact) mass is 312 g/mol. The normalized spacial score (nSPS) is 23.7. The fourth-order valence-electron chi connectivity index (χ4n) is 2.90. The Bertz CT molecular complexity index is 601. The lowest BCUT2D eigenvalue weighted by Crippen LogP contribution is -2.38. The summed E-state index contributed by atoms with van der Waals surface area (Å²) in [6.07, 6.45) is 4.19. The van der Waals surface area contributed by atoms with Crippen LogP contribution in [-0.4, -0.2) is 61.2 Å². The minimum atomic E-state index is -3.19. The Morgan fingerprint density at radius 3 is 2.76 bits per heavy atom. The zero-order valence-corrected chi connectivity index (χ0v) is 12.9. The van der Waals surface area contributed by atoms with Gasteiger partial charge in [0.25, 0.3) is 0 Å². The molecule has 1 aromatic heterocycles. The van der Waals surface area contributed by atoms with Gasteiger partial charge in [-0.3, -0.25) is 0 Å². The first-order valence-electron chi connectivity index (χ1n) is 7.22.